The van der Waals surface area contributed by atoms with Crippen molar-refractivity contribution in [3.05, 3.63) is 42.0 Å². The van der Waals surface area contributed by atoms with E-state index in [4.69, 9.17) is 4.74 Å². The van der Waals surface area contributed by atoms with Gasteiger partial charge in [-0.05, 0) is 30.2 Å². The first-order valence-electron chi connectivity index (χ1n) is 8.41. The molecule has 0 spiro atoms. The Kier molecular flexibility index (Phi) is 6.33. The molecule has 0 saturated carbocycles. The molecule has 0 atom stereocenters. The molecule has 25 heavy (non-hydrogen) atoms. The van der Waals surface area contributed by atoms with Crippen LogP contribution in [0.4, 0.5) is 0 Å². The van der Waals surface area contributed by atoms with Crippen LogP contribution in [0.2, 0.25) is 0 Å². The number of esters is 1. The highest BCUT2D eigenvalue weighted by Gasteiger charge is 2.24. The summed E-state index contributed by atoms with van der Waals surface area (Å²) in [4.78, 5) is 39.2. The first-order chi connectivity index (χ1) is 11.9. The van der Waals surface area contributed by atoms with Crippen LogP contribution in [0.15, 0.2) is 36.4 Å². The first kappa shape index (κ1) is 18.7. The van der Waals surface area contributed by atoms with Gasteiger partial charge < -0.3 is 14.5 Å². The van der Waals surface area contributed by atoms with Gasteiger partial charge in [-0.3, -0.25) is 14.4 Å². The zero-order chi connectivity index (χ0) is 18.4. The largest absolute Gasteiger partial charge is 0.427 e. The summed E-state index contributed by atoms with van der Waals surface area (Å²) in [6.45, 7) is 7.34. The fraction of sp³-hybridized carbons (Fsp3) is 0.421. The average Bonchev–Trinajstić information content (AvgIpc) is 2.59. The highest BCUT2D eigenvalue weighted by atomic mass is 16.5. The number of piperazine rings is 1. The van der Waals surface area contributed by atoms with Gasteiger partial charge in [0.05, 0.1) is 0 Å². The van der Waals surface area contributed by atoms with Crippen molar-refractivity contribution in [3.8, 4) is 5.75 Å². The predicted octanol–water partition coefficient (Wildman–Crippen LogP) is 2.11. The number of carbonyl (C=O) groups excluding carboxylic acids is 3. The van der Waals surface area contributed by atoms with Gasteiger partial charge in [0.2, 0.25) is 5.91 Å². The van der Waals surface area contributed by atoms with E-state index in [0.29, 0.717) is 43.4 Å². The summed E-state index contributed by atoms with van der Waals surface area (Å²) in [7, 11) is 0. The number of hydrogen-bond acceptors (Lipinski definition) is 4. The maximum Gasteiger partial charge on any atom is 0.308 e. The molecule has 0 aromatic heterocycles. The fourth-order valence-electron chi connectivity index (χ4n) is 2.55. The second-order valence-electron chi connectivity index (χ2n) is 6.34. The van der Waals surface area contributed by atoms with Crippen molar-refractivity contribution >= 4 is 17.8 Å². The molecular weight excluding hydrogens is 320 g/mol. The van der Waals surface area contributed by atoms with Gasteiger partial charge in [-0.25, -0.2) is 0 Å². The third kappa shape index (κ3) is 5.45. The molecule has 134 valence electrons. The van der Waals surface area contributed by atoms with Gasteiger partial charge in [0.15, 0.2) is 0 Å². The van der Waals surface area contributed by atoms with E-state index < -0.39 is 5.97 Å². The molecule has 0 unspecified atom stereocenters. The minimum Gasteiger partial charge on any atom is -0.427 e. The standard InChI is InChI=1S/C19H24N2O4/c1-14(2)7-8-18(23)20-9-11-21(12-10-20)19(24)16-5-4-6-17(13-16)25-15(3)22/h4-8,13-14H,9-12H2,1-3H3/b8-7+. The van der Waals surface area contributed by atoms with Crippen molar-refractivity contribution in [2.75, 3.05) is 26.2 Å². The van der Waals surface area contributed by atoms with E-state index in [1.807, 2.05) is 19.9 Å². The molecule has 1 aromatic rings. The van der Waals surface area contributed by atoms with E-state index in [2.05, 4.69) is 0 Å². The van der Waals surface area contributed by atoms with E-state index in [0.717, 1.165) is 0 Å². The lowest BCUT2D eigenvalue weighted by Gasteiger charge is -2.34. The van der Waals surface area contributed by atoms with Crippen LogP contribution in [0.25, 0.3) is 0 Å². The molecule has 1 fully saturated rings. The van der Waals surface area contributed by atoms with Crippen LogP contribution in [0.5, 0.6) is 5.75 Å². The summed E-state index contributed by atoms with van der Waals surface area (Å²) in [5, 5.41) is 0. The molecule has 0 radical (unpaired) electrons. The topological polar surface area (TPSA) is 66.9 Å². The molecule has 6 nitrogen and oxygen atoms in total. The summed E-state index contributed by atoms with van der Waals surface area (Å²) in [6, 6.07) is 6.57. The Hall–Kier alpha value is -2.63. The Bertz CT molecular complexity index is 674. The van der Waals surface area contributed by atoms with Gasteiger partial charge >= 0.3 is 5.97 Å². The Labute approximate surface area is 148 Å². The van der Waals surface area contributed by atoms with Gasteiger partial charge in [0.1, 0.15) is 5.75 Å². The zero-order valence-corrected chi connectivity index (χ0v) is 14.9. The molecule has 1 aromatic carbocycles. The summed E-state index contributed by atoms with van der Waals surface area (Å²) in [5.74, 6) is 0.116. The molecular formula is C19H24N2O4. The number of hydrogen-bond donors (Lipinski definition) is 0. The van der Waals surface area contributed by atoms with Crippen molar-refractivity contribution in [1.29, 1.82) is 0 Å². The van der Waals surface area contributed by atoms with Gasteiger partial charge in [-0.15, -0.1) is 0 Å². The molecule has 2 rings (SSSR count). The number of carbonyl (C=O) groups is 3. The number of benzene rings is 1. The summed E-state index contributed by atoms with van der Waals surface area (Å²) < 4.78 is 5.02. The van der Waals surface area contributed by atoms with Crippen LogP contribution >= 0.6 is 0 Å². The average molecular weight is 344 g/mol. The summed E-state index contributed by atoms with van der Waals surface area (Å²) >= 11 is 0. The minimum atomic E-state index is -0.425. The molecule has 0 N–H and O–H groups in total. The van der Waals surface area contributed by atoms with Crippen LogP contribution in [-0.2, 0) is 9.59 Å². The number of rotatable bonds is 4. The Balaban J connectivity index is 1.95. The highest BCUT2D eigenvalue weighted by molar-refractivity contribution is 5.95. The van der Waals surface area contributed by atoms with E-state index in [-0.39, 0.29) is 11.8 Å². The third-order valence-corrected chi connectivity index (χ3v) is 3.84. The molecule has 1 saturated heterocycles. The zero-order valence-electron chi connectivity index (χ0n) is 14.9. The van der Waals surface area contributed by atoms with Crippen molar-refractivity contribution < 1.29 is 19.1 Å². The van der Waals surface area contributed by atoms with Crippen molar-refractivity contribution in [2.45, 2.75) is 20.8 Å². The lowest BCUT2D eigenvalue weighted by Crippen LogP contribution is -2.50. The van der Waals surface area contributed by atoms with E-state index in [1.54, 1.807) is 40.1 Å². The molecule has 6 heteroatoms. The van der Waals surface area contributed by atoms with E-state index >= 15 is 0 Å². The number of ether oxygens (including phenoxy) is 1. The highest BCUT2D eigenvalue weighted by Crippen LogP contribution is 2.16. The van der Waals surface area contributed by atoms with Gasteiger partial charge in [0, 0.05) is 38.7 Å². The second-order valence-corrected chi connectivity index (χ2v) is 6.34. The molecule has 0 bridgehead atoms. The molecule has 1 heterocycles. The number of allylic oxidation sites excluding steroid dienone is 1. The van der Waals surface area contributed by atoms with Crippen LogP contribution in [-0.4, -0.2) is 53.8 Å². The summed E-state index contributed by atoms with van der Waals surface area (Å²) in [6.07, 6.45) is 3.48. The van der Waals surface area contributed by atoms with Gasteiger partial charge in [-0.1, -0.05) is 26.0 Å². The Morgan fingerprint density at radius 2 is 1.72 bits per heavy atom. The Morgan fingerprint density at radius 3 is 2.32 bits per heavy atom. The van der Waals surface area contributed by atoms with Crippen LogP contribution in [0.3, 0.4) is 0 Å². The van der Waals surface area contributed by atoms with Crippen molar-refractivity contribution in [1.82, 2.24) is 9.80 Å². The van der Waals surface area contributed by atoms with Crippen LogP contribution in [0, 0.1) is 5.92 Å². The Morgan fingerprint density at radius 1 is 1.08 bits per heavy atom. The number of nitrogens with zero attached hydrogens (tertiary/aromatic N) is 2. The van der Waals surface area contributed by atoms with E-state index in [9.17, 15) is 14.4 Å². The fourth-order valence-corrected chi connectivity index (χ4v) is 2.55. The van der Waals surface area contributed by atoms with Gasteiger partial charge in [0.25, 0.3) is 5.91 Å². The SMILES string of the molecule is CC(=O)Oc1cccc(C(=O)N2CCN(C(=O)/C=C/C(C)C)CC2)c1. The molecule has 0 aliphatic carbocycles. The monoisotopic (exact) mass is 344 g/mol. The summed E-state index contributed by atoms with van der Waals surface area (Å²) in [5.41, 5.74) is 0.471. The van der Waals surface area contributed by atoms with E-state index in [1.165, 1.54) is 6.92 Å². The smallest absolute Gasteiger partial charge is 0.308 e. The van der Waals surface area contributed by atoms with Crippen molar-refractivity contribution in [2.24, 2.45) is 5.92 Å². The number of amides is 2. The van der Waals surface area contributed by atoms with Gasteiger partial charge in [-0.2, -0.15) is 0 Å². The molecule has 1 aliphatic heterocycles. The normalized spacial score (nSPS) is 14.9. The molecule has 1 aliphatic rings. The van der Waals surface area contributed by atoms with Crippen molar-refractivity contribution in [3.63, 3.8) is 0 Å². The second kappa shape index (κ2) is 8.46. The third-order valence-electron chi connectivity index (χ3n) is 3.84. The first-order valence-corrected chi connectivity index (χ1v) is 8.41. The lowest BCUT2D eigenvalue weighted by atomic mass is 10.1. The maximum absolute atomic E-state index is 12.6. The van der Waals surface area contributed by atoms with Crippen LogP contribution in [0.1, 0.15) is 31.1 Å². The van der Waals surface area contributed by atoms with Crippen LogP contribution < -0.4 is 4.74 Å². The quantitative estimate of drug-likeness (QED) is 0.477. The predicted molar refractivity (Wildman–Crippen MR) is 94.2 cm³/mol. The minimum absolute atomic E-state index is 0.0161. The maximum atomic E-state index is 12.6. The lowest BCUT2D eigenvalue weighted by molar-refractivity contribution is -0.132. The molecule has 2 amide bonds.